The number of amides is 1. The lowest BCUT2D eigenvalue weighted by molar-refractivity contribution is -0.116. The Kier molecular flexibility index (Phi) is 2.82. The molecule has 4 rings (SSSR count). The van der Waals surface area contributed by atoms with Crippen molar-refractivity contribution in [1.82, 2.24) is 0 Å². The van der Waals surface area contributed by atoms with Crippen molar-refractivity contribution in [2.24, 2.45) is 0 Å². The van der Waals surface area contributed by atoms with Crippen LogP contribution >= 0.6 is 11.3 Å². The third-order valence-corrected chi connectivity index (χ3v) is 5.34. The van der Waals surface area contributed by atoms with Gasteiger partial charge in [0, 0.05) is 22.6 Å². The van der Waals surface area contributed by atoms with Gasteiger partial charge in [0.15, 0.2) is 0 Å². The van der Waals surface area contributed by atoms with Crippen molar-refractivity contribution >= 4 is 33.7 Å². The molecule has 1 unspecified atom stereocenters. The summed E-state index contributed by atoms with van der Waals surface area (Å²) in [5.74, 6) is 0.287. The van der Waals surface area contributed by atoms with E-state index in [0.29, 0.717) is 6.42 Å². The lowest BCUT2D eigenvalue weighted by Gasteiger charge is -2.27. The quantitative estimate of drug-likeness (QED) is 0.693. The third kappa shape index (κ3) is 1.96. The zero-order chi connectivity index (χ0) is 14.4. The molecule has 21 heavy (non-hydrogen) atoms. The summed E-state index contributed by atoms with van der Waals surface area (Å²) in [6.45, 7) is 2.12. The molecule has 0 spiro atoms. The molecule has 2 aromatic carbocycles. The van der Waals surface area contributed by atoms with Crippen molar-refractivity contribution in [2.45, 2.75) is 19.3 Å². The lowest BCUT2D eigenvalue weighted by atomic mass is 9.86. The highest BCUT2D eigenvalue weighted by molar-refractivity contribution is 7.10. The number of nitrogens with one attached hydrogen (secondary N) is 1. The van der Waals surface area contributed by atoms with Gasteiger partial charge in [-0.25, -0.2) is 0 Å². The van der Waals surface area contributed by atoms with Crippen molar-refractivity contribution in [3.05, 3.63) is 63.8 Å². The van der Waals surface area contributed by atoms with Crippen LogP contribution in [0.2, 0.25) is 0 Å². The van der Waals surface area contributed by atoms with Crippen LogP contribution in [0.15, 0.2) is 47.8 Å². The molecular weight excluding hydrogens is 278 g/mol. The number of hydrogen-bond acceptors (Lipinski definition) is 2. The van der Waals surface area contributed by atoms with E-state index >= 15 is 0 Å². The summed E-state index contributed by atoms with van der Waals surface area (Å²) >= 11 is 1.75. The molecule has 1 atom stereocenters. The number of fused-ring (bicyclic) bond motifs is 3. The van der Waals surface area contributed by atoms with Gasteiger partial charge in [0.05, 0.1) is 5.69 Å². The van der Waals surface area contributed by atoms with E-state index in [1.807, 2.05) is 12.1 Å². The maximum atomic E-state index is 12.2. The fourth-order valence-corrected chi connectivity index (χ4v) is 4.23. The molecule has 1 aromatic heterocycles. The molecule has 1 amide bonds. The zero-order valence-electron chi connectivity index (χ0n) is 11.7. The molecule has 0 bridgehead atoms. The Morgan fingerprint density at radius 2 is 2.00 bits per heavy atom. The molecule has 0 saturated carbocycles. The topological polar surface area (TPSA) is 29.1 Å². The maximum absolute atomic E-state index is 12.2. The maximum Gasteiger partial charge on any atom is 0.225 e. The van der Waals surface area contributed by atoms with E-state index in [4.69, 9.17) is 0 Å². The molecule has 0 saturated heterocycles. The van der Waals surface area contributed by atoms with Gasteiger partial charge in [-0.2, -0.15) is 0 Å². The first-order valence-electron chi connectivity index (χ1n) is 7.09. The van der Waals surface area contributed by atoms with Crippen molar-refractivity contribution < 1.29 is 4.79 Å². The zero-order valence-corrected chi connectivity index (χ0v) is 12.5. The highest BCUT2D eigenvalue weighted by atomic mass is 32.1. The van der Waals surface area contributed by atoms with Gasteiger partial charge in [0.2, 0.25) is 5.91 Å². The average molecular weight is 293 g/mol. The summed E-state index contributed by atoms with van der Waals surface area (Å²) in [5, 5.41) is 7.48. The Hall–Kier alpha value is -2.13. The van der Waals surface area contributed by atoms with Gasteiger partial charge in [-0.05, 0) is 34.9 Å². The molecule has 0 aliphatic carbocycles. The minimum Gasteiger partial charge on any atom is -0.325 e. The number of carbonyl (C=O) groups is 1. The number of benzene rings is 2. The van der Waals surface area contributed by atoms with E-state index in [0.717, 1.165) is 11.1 Å². The minimum absolute atomic E-state index is 0.108. The van der Waals surface area contributed by atoms with Crippen LogP contribution in [0.3, 0.4) is 0 Å². The van der Waals surface area contributed by atoms with Crippen LogP contribution in [0, 0.1) is 6.92 Å². The largest absolute Gasteiger partial charge is 0.325 e. The Labute approximate surface area is 127 Å². The Bertz CT molecular complexity index is 849. The number of carbonyl (C=O) groups excluding carboxylic acids is 1. The second-order valence-corrected chi connectivity index (χ2v) is 6.47. The number of thiophene rings is 1. The minimum atomic E-state index is 0.108. The summed E-state index contributed by atoms with van der Waals surface area (Å²) < 4.78 is 0. The van der Waals surface area contributed by atoms with Crippen LogP contribution in [-0.4, -0.2) is 5.91 Å². The number of hydrogen-bond donors (Lipinski definition) is 1. The second kappa shape index (κ2) is 4.71. The summed E-state index contributed by atoms with van der Waals surface area (Å²) in [6, 6.07) is 14.7. The Balaban J connectivity index is 1.97. The summed E-state index contributed by atoms with van der Waals surface area (Å²) in [5.41, 5.74) is 3.50. The highest BCUT2D eigenvalue weighted by Crippen LogP contribution is 2.43. The molecular formula is C18H15NOS. The predicted molar refractivity (Wildman–Crippen MR) is 88.1 cm³/mol. The molecule has 2 nitrogen and oxygen atoms in total. The SMILES string of the molecule is Cc1ccsc1C1CC(=O)Nc2c1ccc1ccccc21. The van der Waals surface area contributed by atoms with Crippen molar-refractivity contribution in [2.75, 3.05) is 5.32 Å². The summed E-state index contributed by atoms with van der Waals surface area (Å²) in [6.07, 6.45) is 0.534. The second-order valence-electron chi connectivity index (χ2n) is 5.52. The van der Waals surface area contributed by atoms with Gasteiger partial charge in [-0.3, -0.25) is 4.79 Å². The summed E-state index contributed by atoms with van der Waals surface area (Å²) in [7, 11) is 0. The van der Waals surface area contributed by atoms with Gasteiger partial charge < -0.3 is 5.32 Å². The van der Waals surface area contributed by atoms with Crippen LogP contribution in [0.25, 0.3) is 10.8 Å². The first-order chi connectivity index (χ1) is 10.2. The van der Waals surface area contributed by atoms with Crippen molar-refractivity contribution in [3.8, 4) is 0 Å². The average Bonchev–Trinajstić information content (AvgIpc) is 2.92. The van der Waals surface area contributed by atoms with Crippen LogP contribution in [-0.2, 0) is 4.79 Å². The highest BCUT2D eigenvalue weighted by Gasteiger charge is 2.29. The molecule has 1 N–H and O–H groups in total. The fourth-order valence-electron chi connectivity index (χ4n) is 3.18. The van der Waals surface area contributed by atoms with E-state index in [2.05, 4.69) is 48.0 Å². The van der Waals surface area contributed by atoms with Gasteiger partial charge in [-0.15, -0.1) is 11.3 Å². The van der Waals surface area contributed by atoms with Crippen LogP contribution in [0.1, 0.15) is 28.3 Å². The van der Waals surface area contributed by atoms with Gasteiger partial charge >= 0.3 is 0 Å². The molecule has 1 aliphatic heterocycles. The third-order valence-electron chi connectivity index (χ3n) is 4.21. The Morgan fingerprint density at radius 1 is 1.14 bits per heavy atom. The van der Waals surface area contributed by atoms with Crippen molar-refractivity contribution in [1.29, 1.82) is 0 Å². The number of anilines is 1. The van der Waals surface area contributed by atoms with Crippen LogP contribution < -0.4 is 5.32 Å². The van der Waals surface area contributed by atoms with E-state index in [-0.39, 0.29) is 11.8 Å². The molecule has 2 heterocycles. The molecule has 3 aromatic rings. The van der Waals surface area contributed by atoms with Crippen LogP contribution in [0.5, 0.6) is 0 Å². The van der Waals surface area contributed by atoms with Crippen molar-refractivity contribution in [3.63, 3.8) is 0 Å². The van der Waals surface area contributed by atoms with E-state index in [1.54, 1.807) is 11.3 Å². The van der Waals surface area contributed by atoms with Gasteiger partial charge in [-0.1, -0.05) is 36.4 Å². The van der Waals surface area contributed by atoms with Gasteiger partial charge in [0.1, 0.15) is 0 Å². The fraction of sp³-hybridized carbons (Fsp3) is 0.167. The Morgan fingerprint density at radius 3 is 2.81 bits per heavy atom. The molecule has 0 radical (unpaired) electrons. The van der Waals surface area contributed by atoms with Gasteiger partial charge in [0.25, 0.3) is 0 Å². The van der Waals surface area contributed by atoms with E-state index in [1.165, 1.54) is 21.4 Å². The lowest BCUT2D eigenvalue weighted by Crippen LogP contribution is -2.23. The first kappa shape index (κ1) is 12.6. The number of rotatable bonds is 1. The molecule has 1 aliphatic rings. The molecule has 104 valence electrons. The number of aryl methyl sites for hydroxylation is 1. The normalized spacial score (nSPS) is 17.6. The molecule has 0 fully saturated rings. The van der Waals surface area contributed by atoms with Crippen LogP contribution in [0.4, 0.5) is 5.69 Å². The van der Waals surface area contributed by atoms with E-state index in [9.17, 15) is 4.79 Å². The van der Waals surface area contributed by atoms with E-state index < -0.39 is 0 Å². The molecule has 3 heteroatoms. The smallest absolute Gasteiger partial charge is 0.225 e. The monoisotopic (exact) mass is 293 g/mol. The standard InChI is InChI=1S/C18H15NOS/c1-11-8-9-21-18(11)15-10-16(20)19-17-13-5-3-2-4-12(13)6-7-14(15)17/h2-9,15H,10H2,1H3,(H,19,20). The summed E-state index contributed by atoms with van der Waals surface area (Å²) in [4.78, 5) is 13.5. The first-order valence-corrected chi connectivity index (χ1v) is 7.97. The predicted octanol–water partition coefficient (Wildman–Crippen LogP) is 4.68.